The molecule has 0 saturated carbocycles. The smallest absolute Gasteiger partial charge is 0.224 e. The summed E-state index contributed by atoms with van der Waals surface area (Å²) in [5.41, 5.74) is 18.7. The topological polar surface area (TPSA) is 123 Å². The number of nitrogen functional groups attached to an aromatic ring is 1. The van der Waals surface area contributed by atoms with Crippen molar-refractivity contribution in [3.05, 3.63) is 77.7 Å². The van der Waals surface area contributed by atoms with Gasteiger partial charge in [0, 0.05) is 74.2 Å². The SMILES string of the molecule is COCCCc1ccnc2[nH]c(C3CCCN(C(=O)C[C@H](N)Cc4ccc(-c5ccc(N)nc5)cc4)C3)cc12. The lowest BCUT2D eigenvalue weighted by atomic mass is 9.93. The van der Waals surface area contributed by atoms with E-state index in [-0.39, 0.29) is 17.9 Å². The van der Waals surface area contributed by atoms with Crippen molar-refractivity contribution in [2.45, 2.75) is 50.5 Å². The minimum atomic E-state index is -0.228. The molecule has 0 bridgehead atoms. The minimum absolute atomic E-state index is 0.131. The molecular weight excluding hydrogens is 488 g/mol. The average molecular weight is 527 g/mol. The molecule has 1 aliphatic rings. The van der Waals surface area contributed by atoms with Gasteiger partial charge in [-0.2, -0.15) is 0 Å². The van der Waals surface area contributed by atoms with E-state index in [9.17, 15) is 4.79 Å². The first-order valence-electron chi connectivity index (χ1n) is 13.8. The Morgan fingerprint density at radius 3 is 2.74 bits per heavy atom. The first-order valence-corrected chi connectivity index (χ1v) is 13.8. The molecule has 1 fully saturated rings. The first-order chi connectivity index (χ1) is 19.0. The number of amides is 1. The zero-order chi connectivity index (χ0) is 27.2. The van der Waals surface area contributed by atoms with E-state index in [2.05, 4.69) is 51.4 Å². The number of aromatic amines is 1. The number of anilines is 1. The monoisotopic (exact) mass is 526 g/mol. The normalized spacial score (nSPS) is 16.5. The van der Waals surface area contributed by atoms with E-state index >= 15 is 0 Å². The third kappa shape index (κ3) is 6.64. The molecule has 5 N–H and O–H groups in total. The second-order valence-corrected chi connectivity index (χ2v) is 10.6. The number of carbonyl (C=O) groups is 1. The third-order valence-electron chi connectivity index (χ3n) is 7.66. The van der Waals surface area contributed by atoms with E-state index < -0.39 is 0 Å². The fraction of sp³-hybridized carbons (Fsp3) is 0.387. The number of hydrogen-bond donors (Lipinski definition) is 3. The molecule has 5 rings (SSSR count). The summed E-state index contributed by atoms with van der Waals surface area (Å²) in [6, 6.07) is 16.1. The summed E-state index contributed by atoms with van der Waals surface area (Å²) >= 11 is 0. The van der Waals surface area contributed by atoms with Crippen molar-refractivity contribution in [2.75, 3.05) is 32.5 Å². The third-order valence-corrected chi connectivity index (χ3v) is 7.66. The molecule has 1 aromatic carbocycles. The minimum Gasteiger partial charge on any atom is -0.385 e. The molecule has 1 amide bonds. The van der Waals surface area contributed by atoms with Gasteiger partial charge >= 0.3 is 0 Å². The fourth-order valence-electron chi connectivity index (χ4n) is 5.54. The highest BCUT2D eigenvalue weighted by Crippen LogP contribution is 2.30. The Hall–Kier alpha value is -3.75. The number of fused-ring (bicyclic) bond motifs is 1. The number of rotatable bonds is 10. The number of methoxy groups -OCH3 is 1. The van der Waals surface area contributed by atoms with Gasteiger partial charge in [0.1, 0.15) is 11.5 Å². The van der Waals surface area contributed by atoms with Crippen LogP contribution < -0.4 is 11.5 Å². The summed E-state index contributed by atoms with van der Waals surface area (Å²) in [7, 11) is 1.73. The van der Waals surface area contributed by atoms with Crippen LogP contribution in [0.4, 0.5) is 5.82 Å². The number of nitrogens with one attached hydrogen (secondary N) is 1. The number of likely N-dealkylation sites (tertiary alicyclic amines) is 1. The van der Waals surface area contributed by atoms with Crippen LogP contribution in [0.3, 0.4) is 0 Å². The molecule has 8 nitrogen and oxygen atoms in total. The number of benzene rings is 1. The number of H-pyrrole nitrogens is 1. The molecule has 4 aromatic rings. The summed E-state index contributed by atoms with van der Waals surface area (Å²) in [5, 5.41) is 1.17. The lowest BCUT2D eigenvalue weighted by molar-refractivity contribution is -0.132. The second-order valence-electron chi connectivity index (χ2n) is 10.6. The molecule has 4 heterocycles. The lowest BCUT2D eigenvalue weighted by Gasteiger charge is -2.33. The number of ether oxygens (including phenoxy) is 1. The Morgan fingerprint density at radius 2 is 1.97 bits per heavy atom. The van der Waals surface area contributed by atoms with Crippen molar-refractivity contribution in [2.24, 2.45) is 5.73 Å². The number of nitrogens with two attached hydrogens (primary N) is 2. The summed E-state index contributed by atoms with van der Waals surface area (Å²) in [4.78, 5) is 27.4. The van der Waals surface area contributed by atoms with Crippen LogP contribution >= 0.6 is 0 Å². The van der Waals surface area contributed by atoms with E-state index in [1.165, 1.54) is 10.9 Å². The van der Waals surface area contributed by atoms with Crippen LogP contribution in [0.2, 0.25) is 0 Å². The van der Waals surface area contributed by atoms with Crippen molar-refractivity contribution in [3.8, 4) is 11.1 Å². The van der Waals surface area contributed by atoms with Gasteiger partial charge in [0.25, 0.3) is 0 Å². The Balaban J connectivity index is 1.17. The number of hydrogen-bond acceptors (Lipinski definition) is 6. The van der Waals surface area contributed by atoms with Gasteiger partial charge < -0.3 is 26.1 Å². The number of aryl methyl sites for hydroxylation is 1. The molecule has 1 unspecified atom stereocenters. The lowest BCUT2D eigenvalue weighted by Crippen LogP contribution is -2.42. The molecular formula is C31H38N6O2. The number of nitrogens with zero attached hydrogens (tertiary/aromatic N) is 3. The first kappa shape index (κ1) is 26.8. The van der Waals surface area contributed by atoms with Crippen LogP contribution in [0.15, 0.2) is 60.9 Å². The summed E-state index contributed by atoms with van der Waals surface area (Å²) in [5.74, 6) is 0.911. The maximum absolute atomic E-state index is 13.2. The molecule has 204 valence electrons. The number of piperidine rings is 1. The van der Waals surface area contributed by atoms with Crippen LogP contribution in [0.25, 0.3) is 22.2 Å². The van der Waals surface area contributed by atoms with Crippen LogP contribution in [-0.2, 0) is 22.4 Å². The standard InChI is InChI=1S/C31H38N6O2/c1-39-15-3-5-23-12-13-34-31-27(23)18-28(36-31)25-4-2-14-37(20-25)30(38)17-26(32)16-21-6-8-22(9-7-21)24-10-11-29(33)35-19-24/h6-13,18-19,25-26H,2-5,14-17,20,32H2,1H3,(H2,33,35)(H,34,36)/t25?,26-/m1/s1. The van der Waals surface area contributed by atoms with Crippen LogP contribution in [0.1, 0.15) is 48.4 Å². The fourth-order valence-corrected chi connectivity index (χ4v) is 5.54. The predicted molar refractivity (Wildman–Crippen MR) is 155 cm³/mol. The quantitative estimate of drug-likeness (QED) is 0.262. The van der Waals surface area contributed by atoms with Crippen molar-refractivity contribution < 1.29 is 9.53 Å². The van der Waals surface area contributed by atoms with Gasteiger partial charge in [0.15, 0.2) is 0 Å². The molecule has 0 aliphatic carbocycles. The summed E-state index contributed by atoms with van der Waals surface area (Å²) in [6.45, 7) is 2.24. The van der Waals surface area contributed by atoms with E-state index in [4.69, 9.17) is 16.2 Å². The Labute approximate surface area is 229 Å². The number of pyridine rings is 2. The van der Waals surface area contributed by atoms with Gasteiger partial charge in [0.05, 0.1) is 0 Å². The summed E-state index contributed by atoms with van der Waals surface area (Å²) < 4.78 is 5.22. The van der Waals surface area contributed by atoms with Crippen molar-refractivity contribution >= 4 is 22.8 Å². The predicted octanol–water partition coefficient (Wildman–Crippen LogP) is 4.45. The Bertz CT molecular complexity index is 1380. The van der Waals surface area contributed by atoms with Crippen molar-refractivity contribution in [1.29, 1.82) is 0 Å². The van der Waals surface area contributed by atoms with Gasteiger partial charge in [0.2, 0.25) is 5.91 Å². The van der Waals surface area contributed by atoms with Crippen LogP contribution in [0, 0.1) is 0 Å². The van der Waals surface area contributed by atoms with E-state index in [1.807, 2.05) is 17.2 Å². The largest absolute Gasteiger partial charge is 0.385 e. The second kappa shape index (κ2) is 12.4. The molecule has 1 saturated heterocycles. The molecule has 3 aromatic heterocycles. The van der Waals surface area contributed by atoms with Crippen LogP contribution in [0.5, 0.6) is 0 Å². The highest BCUT2D eigenvalue weighted by atomic mass is 16.5. The molecule has 8 heteroatoms. The highest BCUT2D eigenvalue weighted by Gasteiger charge is 2.27. The molecule has 2 atom stereocenters. The molecule has 0 radical (unpaired) electrons. The zero-order valence-corrected chi connectivity index (χ0v) is 22.6. The zero-order valence-electron chi connectivity index (χ0n) is 22.6. The number of aromatic nitrogens is 3. The number of carbonyl (C=O) groups excluding carboxylic acids is 1. The van der Waals surface area contributed by atoms with Gasteiger partial charge in [-0.05, 0) is 73.1 Å². The van der Waals surface area contributed by atoms with E-state index in [0.717, 1.165) is 66.9 Å². The molecule has 39 heavy (non-hydrogen) atoms. The highest BCUT2D eigenvalue weighted by molar-refractivity contribution is 5.81. The van der Waals surface area contributed by atoms with E-state index in [0.29, 0.717) is 25.2 Å². The maximum Gasteiger partial charge on any atom is 0.224 e. The van der Waals surface area contributed by atoms with Gasteiger partial charge in [-0.1, -0.05) is 24.3 Å². The molecule has 1 aliphatic heterocycles. The van der Waals surface area contributed by atoms with Gasteiger partial charge in [-0.3, -0.25) is 4.79 Å². The average Bonchev–Trinajstić information content (AvgIpc) is 3.40. The van der Waals surface area contributed by atoms with Gasteiger partial charge in [-0.15, -0.1) is 0 Å². The Kier molecular flexibility index (Phi) is 8.54. The Morgan fingerprint density at radius 1 is 1.15 bits per heavy atom. The van der Waals surface area contributed by atoms with Crippen molar-refractivity contribution in [3.63, 3.8) is 0 Å². The van der Waals surface area contributed by atoms with Gasteiger partial charge in [-0.25, -0.2) is 9.97 Å². The maximum atomic E-state index is 13.2. The van der Waals surface area contributed by atoms with Crippen molar-refractivity contribution in [1.82, 2.24) is 19.9 Å². The molecule has 0 spiro atoms. The summed E-state index contributed by atoms with van der Waals surface area (Å²) in [6.07, 6.45) is 8.61. The van der Waals surface area contributed by atoms with Crippen LogP contribution in [-0.4, -0.2) is 58.6 Å². The van der Waals surface area contributed by atoms with E-state index in [1.54, 1.807) is 19.4 Å².